The van der Waals surface area contributed by atoms with Gasteiger partial charge in [0.25, 0.3) is 0 Å². The quantitative estimate of drug-likeness (QED) is 0.486. The van der Waals surface area contributed by atoms with Gasteiger partial charge in [0.05, 0.1) is 16.4 Å². The van der Waals surface area contributed by atoms with E-state index in [1.54, 1.807) is 35.0 Å². The Hall–Kier alpha value is -3.07. The number of urea groups is 1. The molecule has 35 heavy (non-hydrogen) atoms. The molecule has 0 unspecified atom stereocenters. The Morgan fingerprint density at radius 1 is 0.971 bits per heavy atom. The first kappa shape index (κ1) is 23.7. The fourth-order valence-corrected chi connectivity index (χ4v) is 5.02. The highest BCUT2D eigenvalue weighted by Crippen LogP contribution is 2.42. The van der Waals surface area contributed by atoms with E-state index in [2.05, 4.69) is 15.2 Å². The third-order valence-corrected chi connectivity index (χ3v) is 7.02. The zero-order valence-electron chi connectivity index (χ0n) is 19.1. The van der Waals surface area contributed by atoms with Crippen LogP contribution in [-0.2, 0) is 0 Å². The minimum Gasteiger partial charge on any atom is -0.507 e. The summed E-state index contributed by atoms with van der Waals surface area (Å²) < 4.78 is 14.8. The molecule has 0 radical (unpaired) electrons. The van der Waals surface area contributed by atoms with Crippen molar-refractivity contribution in [2.45, 2.75) is 0 Å². The van der Waals surface area contributed by atoms with Crippen molar-refractivity contribution in [2.24, 2.45) is 0 Å². The van der Waals surface area contributed by atoms with E-state index in [4.69, 9.17) is 23.2 Å². The monoisotopic (exact) mass is 515 g/mol. The molecule has 0 aliphatic carbocycles. The first-order chi connectivity index (χ1) is 16.8. The van der Waals surface area contributed by atoms with E-state index in [9.17, 15) is 14.3 Å². The zero-order valence-corrected chi connectivity index (χ0v) is 20.6. The molecule has 2 saturated heterocycles. The fraction of sp³-hybridized carbons (Fsp3) is 0.280. The number of likely N-dealkylation sites (N-methyl/N-ethyl adjacent to an activating group) is 1. The number of piperazine rings is 1. The van der Waals surface area contributed by atoms with Gasteiger partial charge in [-0.1, -0.05) is 29.3 Å². The molecule has 3 aromatic rings. The molecule has 0 saturated carbocycles. The average molecular weight is 516 g/mol. The summed E-state index contributed by atoms with van der Waals surface area (Å²) in [4.78, 5) is 22.0. The van der Waals surface area contributed by atoms with Crippen molar-refractivity contribution in [1.82, 2.24) is 15.2 Å². The van der Waals surface area contributed by atoms with E-state index in [1.807, 2.05) is 6.07 Å². The highest BCUT2D eigenvalue weighted by Gasteiger charge is 2.28. The number of hydrogen-bond acceptors (Lipinski definition) is 5. The molecule has 3 heterocycles. The van der Waals surface area contributed by atoms with Crippen LogP contribution in [0.2, 0.25) is 10.2 Å². The van der Waals surface area contributed by atoms with Crippen LogP contribution in [0.25, 0.3) is 22.3 Å². The minimum atomic E-state index is -0.511. The van der Waals surface area contributed by atoms with Gasteiger partial charge in [0.1, 0.15) is 11.6 Å². The Balaban J connectivity index is 1.53. The molecule has 0 bridgehead atoms. The van der Waals surface area contributed by atoms with Crippen LogP contribution < -0.4 is 15.1 Å². The molecule has 2 amide bonds. The van der Waals surface area contributed by atoms with Crippen LogP contribution in [0, 0.1) is 5.82 Å². The van der Waals surface area contributed by atoms with Crippen LogP contribution in [-0.4, -0.2) is 67.3 Å². The third kappa shape index (κ3) is 4.49. The maximum absolute atomic E-state index is 14.8. The number of carbonyl (C=O) groups is 1. The lowest BCUT2D eigenvalue weighted by Crippen LogP contribution is -2.43. The molecule has 2 aliphatic heterocycles. The molecule has 2 aliphatic rings. The van der Waals surface area contributed by atoms with Crippen molar-refractivity contribution in [3.8, 4) is 28.0 Å². The summed E-state index contributed by atoms with van der Waals surface area (Å²) >= 11 is 12.9. The minimum absolute atomic E-state index is 0.0948. The number of nitrogens with zero attached hydrogens (tertiary/aromatic N) is 4. The number of halogens is 3. The summed E-state index contributed by atoms with van der Waals surface area (Å²) in [5, 5.41) is 15.2. The van der Waals surface area contributed by atoms with Crippen LogP contribution in [0.3, 0.4) is 0 Å². The Kier molecular flexibility index (Phi) is 6.44. The van der Waals surface area contributed by atoms with Crippen LogP contribution >= 0.6 is 23.2 Å². The van der Waals surface area contributed by atoms with Gasteiger partial charge in [-0.2, -0.15) is 0 Å². The summed E-state index contributed by atoms with van der Waals surface area (Å²) in [7, 11) is 1.73. The van der Waals surface area contributed by atoms with Gasteiger partial charge in [-0.15, -0.1) is 0 Å². The van der Waals surface area contributed by atoms with E-state index in [-0.39, 0.29) is 17.3 Å². The van der Waals surface area contributed by atoms with Crippen molar-refractivity contribution >= 4 is 40.6 Å². The third-order valence-electron chi connectivity index (χ3n) is 6.43. The van der Waals surface area contributed by atoms with Crippen molar-refractivity contribution in [3.63, 3.8) is 0 Å². The van der Waals surface area contributed by atoms with Crippen molar-refractivity contribution in [1.29, 1.82) is 0 Å². The number of rotatable bonds is 4. The number of pyridine rings is 1. The van der Waals surface area contributed by atoms with Gasteiger partial charge in [0, 0.05) is 69.2 Å². The van der Waals surface area contributed by atoms with Gasteiger partial charge in [0.2, 0.25) is 0 Å². The first-order valence-corrected chi connectivity index (χ1v) is 12.1. The summed E-state index contributed by atoms with van der Waals surface area (Å²) in [6, 6.07) is 9.30. The maximum Gasteiger partial charge on any atom is 0.324 e. The van der Waals surface area contributed by atoms with E-state index < -0.39 is 5.82 Å². The van der Waals surface area contributed by atoms with E-state index in [0.717, 1.165) is 31.9 Å². The number of phenolic OH excluding ortho intramolecular Hbond substituents is 1. The highest BCUT2D eigenvalue weighted by atomic mass is 35.5. The van der Waals surface area contributed by atoms with Gasteiger partial charge in [-0.05, 0) is 35.9 Å². The normalized spacial score (nSPS) is 16.3. The van der Waals surface area contributed by atoms with Crippen LogP contribution in [0.5, 0.6) is 5.75 Å². The average Bonchev–Trinajstić information content (AvgIpc) is 3.19. The molecule has 7 nitrogen and oxygen atoms in total. The number of aromatic nitrogens is 1. The SMILES string of the molecule is CN1CCN(c2ccc(-c3cc(F)cc(-c4cnc(Cl)c(N5CCNCC5)c4)c3O)cc2Cl)C1=O. The van der Waals surface area contributed by atoms with E-state index in [0.29, 0.717) is 45.6 Å². The summed E-state index contributed by atoms with van der Waals surface area (Å²) in [6.45, 7) is 4.33. The molecule has 2 N–H and O–H groups in total. The molecule has 182 valence electrons. The molecule has 2 fully saturated rings. The van der Waals surface area contributed by atoms with Gasteiger partial charge < -0.3 is 20.2 Å². The number of phenols is 1. The smallest absolute Gasteiger partial charge is 0.324 e. The first-order valence-electron chi connectivity index (χ1n) is 11.3. The molecule has 2 aromatic carbocycles. The van der Waals surface area contributed by atoms with Crippen LogP contribution in [0.15, 0.2) is 42.6 Å². The van der Waals surface area contributed by atoms with E-state index >= 15 is 0 Å². The largest absolute Gasteiger partial charge is 0.507 e. The Bertz CT molecular complexity index is 1300. The summed E-state index contributed by atoms with van der Waals surface area (Å²) in [6.07, 6.45) is 1.53. The molecule has 10 heteroatoms. The Labute approximate surface area is 212 Å². The molecule has 5 rings (SSSR count). The lowest BCUT2D eigenvalue weighted by Gasteiger charge is -2.30. The highest BCUT2D eigenvalue weighted by molar-refractivity contribution is 6.34. The molecular weight excluding hydrogens is 492 g/mol. The van der Waals surface area contributed by atoms with Gasteiger partial charge in [-0.3, -0.25) is 4.90 Å². The Morgan fingerprint density at radius 3 is 2.34 bits per heavy atom. The number of amides is 2. The Morgan fingerprint density at radius 2 is 1.69 bits per heavy atom. The van der Waals surface area contributed by atoms with Crippen LogP contribution in [0.4, 0.5) is 20.6 Å². The lowest BCUT2D eigenvalue weighted by molar-refractivity contribution is 0.229. The lowest BCUT2D eigenvalue weighted by atomic mass is 9.97. The second-order valence-corrected chi connectivity index (χ2v) is 9.41. The van der Waals surface area contributed by atoms with E-state index in [1.165, 1.54) is 18.3 Å². The number of hydrogen-bond donors (Lipinski definition) is 2. The molecule has 0 spiro atoms. The predicted molar refractivity (Wildman–Crippen MR) is 137 cm³/mol. The van der Waals surface area contributed by atoms with Crippen molar-refractivity contribution < 1.29 is 14.3 Å². The summed E-state index contributed by atoms with van der Waals surface area (Å²) in [5.41, 5.74) is 2.98. The van der Waals surface area contributed by atoms with Crippen molar-refractivity contribution in [3.05, 3.63) is 58.6 Å². The number of aromatic hydroxyl groups is 1. The standard InChI is InChI=1S/C25H24Cl2FN5O2/c1-31-8-9-33(25(31)35)21-3-2-15(10-20(21)26)18-12-17(28)13-19(23(18)34)16-11-22(24(27)30-14-16)32-6-4-29-5-7-32/h2-3,10-14,29,34H,4-9H2,1H3. The topological polar surface area (TPSA) is 71.9 Å². The van der Waals surface area contributed by atoms with Crippen molar-refractivity contribution in [2.75, 3.05) is 56.1 Å². The number of nitrogens with one attached hydrogen (secondary N) is 1. The fourth-order valence-electron chi connectivity index (χ4n) is 4.51. The molecular formula is C25H24Cl2FN5O2. The maximum atomic E-state index is 14.8. The van der Waals surface area contributed by atoms with Crippen LogP contribution in [0.1, 0.15) is 0 Å². The van der Waals surface area contributed by atoms with Gasteiger partial charge in [0.15, 0.2) is 5.15 Å². The number of benzene rings is 2. The zero-order chi connectivity index (χ0) is 24.7. The van der Waals surface area contributed by atoms with Gasteiger partial charge >= 0.3 is 6.03 Å². The second-order valence-electron chi connectivity index (χ2n) is 8.64. The number of carbonyl (C=O) groups excluding carboxylic acids is 1. The molecule has 1 aromatic heterocycles. The predicted octanol–water partition coefficient (Wildman–Crippen LogP) is 4.85. The number of anilines is 2. The van der Waals surface area contributed by atoms with Gasteiger partial charge in [-0.25, -0.2) is 14.2 Å². The second kappa shape index (κ2) is 9.53. The summed E-state index contributed by atoms with van der Waals surface area (Å²) in [5.74, 6) is -0.606. The molecule has 0 atom stereocenters.